The second-order valence-electron chi connectivity index (χ2n) is 5.30. The summed E-state index contributed by atoms with van der Waals surface area (Å²) in [4.78, 5) is 4.73. The zero-order valence-electron chi connectivity index (χ0n) is 10.9. The molecule has 2 aromatic heterocycles. The Labute approximate surface area is 112 Å². The molecule has 0 radical (unpaired) electrons. The van der Waals surface area contributed by atoms with Crippen molar-refractivity contribution in [3.63, 3.8) is 0 Å². The zero-order chi connectivity index (χ0) is 12.7. The van der Waals surface area contributed by atoms with Crippen LogP contribution in [0.3, 0.4) is 0 Å². The normalized spacial score (nSPS) is 19.2. The van der Waals surface area contributed by atoms with Gasteiger partial charge >= 0.3 is 0 Å². The molecule has 4 heteroatoms. The van der Waals surface area contributed by atoms with Crippen LogP contribution in [0.2, 0.25) is 0 Å². The highest BCUT2D eigenvalue weighted by Crippen LogP contribution is 2.31. The molecule has 0 spiro atoms. The van der Waals surface area contributed by atoms with Crippen LogP contribution in [-0.4, -0.2) is 9.55 Å². The molecule has 3 nitrogen and oxygen atoms in total. The summed E-state index contributed by atoms with van der Waals surface area (Å²) >= 11 is 1.72. The molecule has 2 heterocycles. The molecule has 0 saturated heterocycles. The molecular weight excluding hydrogens is 242 g/mol. The summed E-state index contributed by atoms with van der Waals surface area (Å²) in [7, 11) is 0. The highest BCUT2D eigenvalue weighted by Gasteiger charge is 2.21. The third kappa shape index (κ3) is 1.89. The predicted molar refractivity (Wildman–Crippen MR) is 75.4 cm³/mol. The van der Waals surface area contributed by atoms with Crippen molar-refractivity contribution in [2.45, 2.75) is 45.1 Å². The van der Waals surface area contributed by atoms with Crippen molar-refractivity contribution in [3.05, 3.63) is 34.6 Å². The maximum absolute atomic E-state index is 6.16. The van der Waals surface area contributed by atoms with E-state index in [1.165, 1.54) is 23.4 Å². The number of thiazole rings is 1. The fourth-order valence-electron chi connectivity index (χ4n) is 2.56. The molecular formula is C14H19N3S. The average Bonchev–Trinajstić information content (AvgIpc) is 2.94. The molecule has 1 atom stereocenters. The van der Waals surface area contributed by atoms with Gasteiger partial charge in [0, 0.05) is 23.3 Å². The van der Waals surface area contributed by atoms with Gasteiger partial charge in [0.05, 0.1) is 5.69 Å². The van der Waals surface area contributed by atoms with Crippen LogP contribution in [0.1, 0.15) is 55.6 Å². The van der Waals surface area contributed by atoms with Crippen LogP contribution in [0.4, 0.5) is 0 Å². The molecule has 3 rings (SSSR count). The van der Waals surface area contributed by atoms with E-state index in [2.05, 4.69) is 36.1 Å². The summed E-state index contributed by atoms with van der Waals surface area (Å²) in [5, 5.41) is 3.24. The van der Waals surface area contributed by atoms with E-state index in [0.29, 0.717) is 5.92 Å². The summed E-state index contributed by atoms with van der Waals surface area (Å²) in [5.41, 5.74) is 10.0. The molecule has 0 amide bonds. The van der Waals surface area contributed by atoms with Gasteiger partial charge in [-0.15, -0.1) is 11.3 Å². The minimum Gasteiger partial charge on any atom is -0.324 e. The number of hydrogen-bond acceptors (Lipinski definition) is 3. The number of aromatic nitrogens is 2. The SMILES string of the molecule is CC(C)c1csc(-n2ccc3c2CCCC3N)n1. The fourth-order valence-corrected chi connectivity index (χ4v) is 3.55. The van der Waals surface area contributed by atoms with E-state index in [9.17, 15) is 0 Å². The highest BCUT2D eigenvalue weighted by molar-refractivity contribution is 7.12. The highest BCUT2D eigenvalue weighted by atomic mass is 32.1. The van der Waals surface area contributed by atoms with Gasteiger partial charge in [-0.25, -0.2) is 4.98 Å². The first kappa shape index (κ1) is 11.9. The topological polar surface area (TPSA) is 43.8 Å². The molecule has 2 N–H and O–H groups in total. The van der Waals surface area contributed by atoms with E-state index in [1.54, 1.807) is 11.3 Å². The van der Waals surface area contributed by atoms with Gasteiger partial charge in [0.2, 0.25) is 0 Å². The Balaban J connectivity index is 2.01. The number of nitrogens with two attached hydrogens (primary N) is 1. The summed E-state index contributed by atoms with van der Waals surface area (Å²) < 4.78 is 2.23. The standard InChI is InChI=1S/C14H19N3S/c1-9(2)12-8-18-14(16-12)17-7-6-10-11(15)4-3-5-13(10)17/h6-9,11H,3-5,15H2,1-2H3. The monoisotopic (exact) mass is 261 g/mol. The molecule has 96 valence electrons. The lowest BCUT2D eigenvalue weighted by molar-refractivity contribution is 0.560. The lowest BCUT2D eigenvalue weighted by atomic mass is 9.94. The maximum atomic E-state index is 6.16. The molecule has 18 heavy (non-hydrogen) atoms. The molecule has 0 fully saturated rings. The second kappa shape index (κ2) is 4.52. The first-order valence-electron chi connectivity index (χ1n) is 6.58. The van der Waals surface area contributed by atoms with Gasteiger partial charge in [0.25, 0.3) is 0 Å². The van der Waals surface area contributed by atoms with Crippen molar-refractivity contribution in [1.29, 1.82) is 0 Å². The first-order chi connectivity index (χ1) is 8.66. The van der Waals surface area contributed by atoms with Crippen LogP contribution in [0, 0.1) is 0 Å². The minimum atomic E-state index is 0.208. The molecule has 0 aromatic carbocycles. The van der Waals surface area contributed by atoms with Crippen LogP contribution in [0.25, 0.3) is 5.13 Å². The average molecular weight is 261 g/mol. The van der Waals surface area contributed by atoms with E-state index in [-0.39, 0.29) is 6.04 Å². The summed E-state index contributed by atoms with van der Waals surface area (Å²) in [5.74, 6) is 0.489. The molecule has 2 aromatic rings. The molecule has 1 aliphatic carbocycles. The summed E-state index contributed by atoms with van der Waals surface area (Å²) in [6.07, 6.45) is 5.53. The van der Waals surface area contributed by atoms with Crippen LogP contribution < -0.4 is 5.73 Å². The first-order valence-corrected chi connectivity index (χ1v) is 7.46. The van der Waals surface area contributed by atoms with Crippen molar-refractivity contribution < 1.29 is 0 Å². The predicted octanol–water partition coefficient (Wildman–Crippen LogP) is 3.39. The number of hydrogen-bond donors (Lipinski definition) is 1. The van der Waals surface area contributed by atoms with Crippen molar-refractivity contribution in [2.75, 3.05) is 0 Å². The van der Waals surface area contributed by atoms with Gasteiger partial charge < -0.3 is 5.73 Å². The summed E-state index contributed by atoms with van der Waals surface area (Å²) in [6.45, 7) is 4.36. The van der Waals surface area contributed by atoms with Crippen LogP contribution in [0.15, 0.2) is 17.6 Å². The van der Waals surface area contributed by atoms with Gasteiger partial charge in [0.1, 0.15) is 0 Å². The van der Waals surface area contributed by atoms with Crippen LogP contribution in [0.5, 0.6) is 0 Å². The molecule has 0 saturated carbocycles. The molecule has 0 aliphatic heterocycles. The fraction of sp³-hybridized carbons (Fsp3) is 0.500. The number of nitrogens with zero attached hydrogens (tertiary/aromatic N) is 2. The molecule has 1 aliphatic rings. The van der Waals surface area contributed by atoms with Crippen molar-refractivity contribution in [3.8, 4) is 5.13 Å². The Morgan fingerprint density at radius 1 is 1.50 bits per heavy atom. The van der Waals surface area contributed by atoms with E-state index in [0.717, 1.165) is 18.0 Å². The second-order valence-corrected chi connectivity index (χ2v) is 6.13. The van der Waals surface area contributed by atoms with Crippen molar-refractivity contribution in [2.24, 2.45) is 5.73 Å². The lowest BCUT2D eigenvalue weighted by Crippen LogP contribution is -2.17. The third-order valence-corrected chi connectivity index (χ3v) is 4.52. The largest absolute Gasteiger partial charge is 0.324 e. The van der Waals surface area contributed by atoms with E-state index in [1.807, 2.05) is 0 Å². The Hall–Kier alpha value is -1.13. The summed E-state index contributed by atoms with van der Waals surface area (Å²) in [6, 6.07) is 2.37. The number of fused-ring (bicyclic) bond motifs is 1. The molecule has 1 unspecified atom stereocenters. The van der Waals surface area contributed by atoms with Crippen LogP contribution in [-0.2, 0) is 6.42 Å². The Morgan fingerprint density at radius 3 is 3.06 bits per heavy atom. The zero-order valence-corrected chi connectivity index (χ0v) is 11.7. The van der Waals surface area contributed by atoms with E-state index >= 15 is 0 Å². The molecule has 0 bridgehead atoms. The van der Waals surface area contributed by atoms with Gasteiger partial charge in [-0.1, -0.05) is 13.8 Å². The van der Waals surface area contributed by atoms with Crippen molar-refractivity contribution in [1.82, 2.24) is 9.55 Å². The van der Waals surface area contributed by atoms with Gasteiger partial charge in [-0.3, -0.25) is 4.57 Å². The Morgan fingerprint density at radius 2 is 2.33 bits per heavy atom. The lowest BCUT2D eigenvalue weighted by Gasteiger charge is -2.20. The van der Waals surface area contributed by atoms with E-state index < -0.39 is 0 Å². The Bertz CT molecular complexity index is 553. The smallest absolute Gasteiger partial charge is 0.193 e. The minimum absolute atomic E-state index is 0.208. The quantitative estimate of drug-likeness (QED) is 0.900. The van der Waals surface area contributed by atoms with Crippen molar-refractivity contribution >= 4 is 11.3 Å². The van der Waals surface area contributed by atoms with Gasteiger partial charge in [-0.05, 0) is 36.8 Å². The maximum Gasteiger partial charge on any atom is 0.193 e. The third-order valence-electron chi connectivity index (χ3n) is 3.66. The Kier molecular flexibility index (Phi) is 2.99. The van der Waals surface area contributed by atoms with E-state index in [4.69, 9.17) is 10.7 Å². The number of rotatable bonds is 2. The van der Waals surface area contributed by atoms with Gasteiger partial charge in [-0.2, -0.15) is 0 Å². The van der Waals surface area contributed by atoms with Crippen LogP contribution >= 0.6 is 11.3 Å². The van der Waals surface area contributed by atoms with Gasteiger partial charge in [0.15, 0.2) is 5.13 Å².